The summed E-state index contributed by atoms with van der Waals surface area (Å²) in [6.45, 7) is 12.2. The van der Waals surface area contributed by atoms with E-state index in [0.29, 0.717) is 0 Å². The predicted molar refractivity (Wildman–Crippen MR) is 65.1 cm³/mol. The highest BCUT2D eigenvalue weighted by atomic mass is 16.5. The molecule has 1 N–H and O–H groups in total. The van der Waals surface area contributed by atoms with Crippen LogP contribution in [0.5, 0.6) is 0 Å². The first kappa shape index (κ1) is 13.0. The third-order valence-electron chi connectivity index (χ3n) is 3.33. The smallest absolute Gasteiger partial charge is 0.0468 e. The van der Waals surface area contributed by atoms with Gasteiger partial charge in [-0.15, -0.1) is 0 Å². The summed E-state index contributed by atoms with van der Waals surface area (Å²) in [6.07, 6.45) is 3.81. The molecule has 2 nitrogen and oxygen atoms in total. The lowest BCUT2D eigenvalue weighted by atomic mass is 9.85. The highest BCUT2D eigenvalue weighted by molar-refractivity contribution is 4.74. The molecule has 1 heterocycles. The fourth-order valence-electron chi connectivity index (χ4n) is 2.20. The van der Waals surface area contributed by atoms with Gasteiger partial charge in [-0.25, -0.2) is 0 Å². The number of hydrogen-bond acceptors (Lipinski definition) is 2. The molecule has 1 unspecified atom stereocenters. The minimum Gasteiger partial charge on any atom is -0.381 e. The van der Waals surface area contributed by atoms with E-state index in [1.807, 2.05) is 0 Å². The van der Waals surface area contributed by atoms with E-state index < -0.39 is 0 Å². The molecule has 15 heavy (non-hydrogen) atoms. The van der Waals surface area contributed by atoms with Crippen LogP contribution in [0.3, 0.4) is 0 Å². The number of hydrogen-bond donors (Lipinski definition) is 1. The molecule has 90 valence electrons. The largest absolute Gasteiger partial charge is 0.381 e. The second kappa shape index (κ2) is 5.86. The molecule has 0 radical (unpaired) electrons. The van der Waals surface area contributed by atoms with E-state index in [1.54, 1.807) is 0 Å². The van der Waals surface area contributed by atoms with Crippen LogP contribution in [0.1, 0.15) is 47.0 Å². The maximum absolute atomic E-state index is 5.39. The summed E-state index contributed by atoms with van der Waals surface area (Å²) in [5.41, 5.74) is 0.259. The van der Waals surface area contributed by atoms with Crippen molar-refractivity contribution in [3.05, 3.63) is 0 Å². The predicted octanol–water partition coefficient (Wildman–Crippen LogP) is 2.83. The normalized spacial score (nSPS) is 21.6. The first-order chi connectivity index (χ1) is 6.99. The van der Waals surface area contributed by atoms with Crippen molar-refractivity contribution in [2.24, 2.45) is 11.8 Å². The lowest BCUT2D eigenvalue weighted by Crippen LogP contribution is -2.37. The Balaban J connectivity index is 2.14. The van der Waals surface area contributed by atoms with Gasteiger partial charge in [0.15, 0.2) is 0 Å². The van der Waals surface area contributed by atoms with Crippen molar-refractivity contribution < 1.29 is 4.74 Å². The van der Waals surface area contributed by atoms with E-state index in [4.69, 9.17) is 4.74 Å². The third kappa shape index (κ3) is 5.53. The molecule has 0 bridgehead atoms. The highest BCUT2D eigenvalue weighted by Crippen LogP contribution is 2.25. The van der Waals surface area contributed by atoms with Crippen LogP contribution in [0, 0.1) is 11.8 Å². The lowest BCUT2D eigenvalue weighted by Gasteiger charge is -2.29. The molecule has 1 atom stereocenters. The maximum atomic E-state index is 5.39. The van der Waals surface area contributed by atoms with Crippen molar-refractivity contribution in [3.8, 4) is 0 Å². The van der Waals surface area contributed by atoms with Gasteiger partial charge in [-0.2, -0.15) is 0 Å². The zero-order valence-electron chi connectivity index (χ0n) is 10.8. The average Bonchev–Trinajstić information content (AvgIpc) is 2.17. The Bertz CT molecular complexity index is 168. The fourth-order valence-corrected chi connectivity index (χ4v) is 2.20. The quantitative estimate of drug-likeness (QED) is 0.775. The summed E-state index contributed by atoms with van der Waals surface area (Å²) < 4.78 is 5.39. The molecule has 0 spiro atoms. The monoisotopic (exact) mass is 213 g/mol. The zero-order chi connectivity index (χ0) is 11.3. The standard InChI is InChI=1S/C13H27NO/c1-11(5-8-14-13(2,3)4)12-6-9-15-10-7-12/h11-12,14H,5-10H2,1-4H3. The molecule has 1 aliphatic heterocycles. The molecule has 0 aromatic heterocycles. The van der Waals surface area contributed by atoms with Gasteiger partial charge in [-0.3, -0.25) is 0 Å². The molecule has 0 aliphatic carbocycles. The van der Waals surface area contributed by atoms with E-state index in [9.17, 15) is 0 Å². The van der Waals surface area contributed by atoms with Gasteiger partial charge >= 0.3 is 0 Å². The Labute approximate surface area is 94.8 Å². The summed E-state index contributed by atoms with van der Waals surface area (Å²) >= 11 is 0. The molecule has 1 aliphatic rings. The second-order valence-corrected chi connectivity index (χ2v) is 5.89. The van der Waals surface area contributed by atoms with Crippen LogP contribution in [0.25, 0.3) is 0 Å². The zero-order valence-corrected chi connectivity index (χ0v) is 10.8. The molecule has 0 saturated carbocycles. The van der Waals surface area contributed by atoms with Crippen molar-refractivity contribution in [1.29, 1.82) is 0 Å². The molecule has 0 aromatic rings. The molecule has 0 aromatic carbocycles. The van der Waals surface area contributed by atoms with E-state index in [2.05, 4.69) is 33.0 Å². The Kier molecular flexibility index (Phi) is 5.07. The van der Waals surface area contributed by atoms with Crippen LogP contribution in [-0.4, -0.2) is 25.3 Å². The van der Waals surface area contributed by atoms with Gasteiger partial charge in [0.05, 0.1) is 0 Å². The van der Waals surface area contributed by atoms with Gasteiger partial charge in [0.1, 0.15) is 0 Å². The number of rotatable bonds is 4. The number of nitrogens with one attached hydrogen (secondary N) is 1. The van der Waals surface area contributed by atoms with Crippen molar-refractivity contribution in [1.82, 2.24) is 5.32 Å². The molecule has 0 amide bonds. The molecule has 1 fully saturated rings. The Hall–Kier alpha value is -0.0800. The molecule has 2 heteroatoms. The van der Waals surface area contributed by atoms with E-state index >= 15 is 0 Å². The molecular weight excluding hydrogens is 186 g/mol. The van der Waals surface area contributed by atoms with E-state index in [1.165, 1.54) is 19.3 Å². The van der Waals surface area contributed by atoms with Crippen molar-refractivity contribution in [2.45, 2.75) is 52.5 Å². The summed E-state index contributed by atoms with van der Waals surface area (Å²) in [5.74, 6) is 1.73. The van der Waals surface area contributed by atoms with Crippen LogP contribution in [0.4, 0.5) is 0 Å². The van der Waals surface area contributed by atoms with Crippen LogP contribution < -0.4 is 5.32 Å². The highest BCUT2D eigenvalue weighted by Gasteiger charge is 2.20. The van der Waals surface area contributed by atoms with E-state index in [-0.39, 0.29) is 5.54 Å². The van der Waals surface area contributed by atoms with Crippen molar-refractivity contribution >= 4 is 0 Å². The second-order valence-electron chi connectivity index (χ2n) is 5.89. The van der Waals surface area contributed by atoms with Gasteiger partial charge in [0.25, 0.3) is 0 Å². The lowest BCUT2D eigenvalue weighted by molar-refractivity contribution is 0.0479. The topological polar surface area (TPSA) is 21.3 Å². The minimum atomic E-state index is 0.259. The third-order valence-corrected chi connectivity index (χ3v) is 3.33. The van der Waals surface area contributed by atoms with Gasteiger partial charge in [-0.05, 0) is 58.4 Å². The Morgan fingerprint density at radius 1 is 1.27 bits per heavy atom. The van der Waals surface area contributed by atoms with Gasteiger partial charge in [0, 0.05) is 18.8 Å². The first-order valence-corrected chi connectivity index (χ1v) is 6.32. The summed E-state index contributed by atoms with van der Waals surface area (Å²) in [5, 5.41) is 3.56. The van der Waals surface area contributed by atoms with Gasteiger partial charge in [-0.1, -0.05) is 6.92 Å². The van der Waals surface area contributed by atoms with Crippen LogP contribution in [0.15, 0.2) is 0 Å². The molecular formula is C13H27NO. The summed E-state index contributed by atoms with van der Waals surface area (Å²) in [7, 11) is 0. The van der Waals surface area contributed by atoms with Crippen LogP contribution >= 0.6 is 0 Å². The Morgan fingerprint density at radius 3 is 2.40 bits per heavy atom. The van der Waals surface area contributed by atoms with Crippen molar-refractivity contribution in [2.75, 3.05) is 19.8 Å². The average molecular weight is 213 g/mol. The van der Waals surface area contributed by atoms with Gasteiger partial charge < -0.3 is 10.1 Å². The number of ether oxygens (including phenoxy) is 1. The first-order valence-electron chi connectivity index (χ1n) is 6.32. The fraction of sp³-hybridized carbons (Fsp3) is 1.00. The maximum Gasteiger partial charge on any atom is 0.0468 e. The minimum absolute atomic E-state index is 0.259. The summed E-state index contributed by atoms with van der Waals surface area (Å²) in [4.78, 5) is 0. The Morgan fingerprint density at radius 2 is 1.87 bits per heavy atom. The molecule has 1 rings (SSSR count). The SMILES string of the molecule is CC(CCNC(C)(C)C)C1CCOCC1. The van der Waals surface area contributed by atoms with Crippen LogP contribution in [0.2, 0.25) is 0 Å². The van der Waals surface area contributed by atoms with Crippen LogP contribution in [-0.2, 0) is 4.74 Å². The van der Waals surface area contributed by atoms with Crippen molar-refractivity contribution in [3.63, 3.8) is 0 Å². The van der Waals surface area contributed by atoms with Gasteiger partial charge in [0.2, 0.25) is 0 Å². The molecule has 1 saturated heterocycles. The van der Waals surface area contributed by atoms with E-state index in [0.717, 1.165) is 31.6 Å². The summed E-state index contributed by atoms with van der Waals surface area (Å²) in [6, 6.07) is 0.